The van der Waals surface area contributed by atoms with Crippen LogP contribution in [0.15, 0.2) is 51.4 Å². The molecule has 1 aliphatic rings. The van der Waals surface area contributed by atoms with Crippen molar-refractivity contribution in [2.24, 2.45) is 4.99 Å². The van der Waals surface area contributed by atoms with Gasteiger partial charge >= 0.3 is 5.97 Å². The first kappa shape index (κ1) is 27.8. The molecule has 0 amide bonds. The number of halogens is 1. The number of aromatic nitrogens is 2. The highest BCUT2D eigenvalue weighted by molar-refractivity contribution is 7.15. The number of rotatable bonds is 5. The first-order valence-electron chi connectivity index (χ1n) is 12.7. The van der Waals surface area contributed by atoms with Crippen LogP contribution in [0.4, 0.5) is 0 Å². The van der Waals surface area contributed by atoms with E-state index in [9.17, 15) is 14.9 Å². The Morgan fingerprint density at radius 2 is 1.88 bits per heavy atom. The summed E-state index contributed by atoms with van der Waals surface area (Å²) in [5.41, 5.74) is 5.75. The Hall–Kier alpha value is -3.71. The Kier molecular flexibility index (Phi) is 7.44. The van der Waals surface area contributed by atoms with E-state index in [-0.39, 0.29) is 12.2 Å². The van der Waals surface area contributed by atoms with Gasteiger partial charge in [-0.3, -0.25) is 9.36 Å². The highest BCUT2D eigenvalue weighted by Gasteiger charge is 2.33. The Balaban J connectivity index is 1.70. The third-order valence-electron chi connectivity index (χ3n) is 7.14. The number of hydrogen-bond acceptors (Lipinski definition) is 7. The highest BCUT2D eigenvalue weighted by Crippen LogP contribution is 2.34. The maximum absolute atomic E-state index is 14.0. The maximum Gasteiger partial charge on any atom is 0.338 e. The van der Waals surface area contributed by atoms with Gasteiger partial charge in [0.2, 0.25) is 0 Å². The number of nitriles is 1. The standard InChI is InChI=1S/C30H27ClN4O3S2/c1-7-38-29(37)25-17(4)33-30-35(26(25)20-8-10-22(31)11-9-20)27(36)24(40-30)13-21-12-15(2)34(18(21)5)28-23(14-32)16(3)19(6)39-28/h8-13,26H,7H2,1-6H3/b24-13+/t26-/m0/s1. The lowest BCUT2D eigenvalue weighted by molar-refractivity contribution is -0.139. The molecule has 0 bridgehead atoms. The van der Waals surface area contributed by atoms with Gasteiger partial charge in [0.25, 0.3) is 5.56 Å². The number of allylic oxidation sites excluding steroid dienone is 1. The summed E-state index contributed by atoms with van der Waals surface area (Å²) in [6, 6.07) is 10.8. The number of carbonyl (C=O) groups is 1. The molecular formula is C30H27ClN4O3S2. The molecule has 40 heavy (non-hydrogen) atoms. The van der Waals surface area contributed by atoms with Crippen molar-refractivity contribution >= 4 is 46.3 Å². The van der Waals surface area contributed by atoms with Crippen molar-refractivity contribution in [3.63, 3.8) is 0 Å². The van der Waals surface area contributed by atoms with E-state index in [1.807, 2.05) is 52.0 Å². The van der Waals surface area contributed by atoms with Crippen LogP contribution in [0.3, 0.4) is 0 Å². The number of thiazole rings is 1. The fraction of sp³-hybridized carbons (Fsp3) is 0.267. The van der Waals surface area contributed by atoms with Crippen molar-refractivity contribution in [2.45, 2.75) is 47.6 Å². The highest BCUT2D eigenvalue weighted by atomic mass is 35.5. The van der Waals surface area contributed by atoms with E-state index in [1.54, 1.807) is 41.9 Å². The lowest BCUT2D eigenvalue weighted by Gasteiger charge is -2.24. The molecule has 1 atom stereocenters. The van der Waals surface area contributed by atoms with Crippen molar-refractivity contribution in [1.29, 1.82) is 5.26 Å². The van der Waals surface area contributed by atoms with Gasteiger partial charge < -0.3 is 9.30 Å². The van der Waals surface area contributed by atoms with Crippen LogP contribution in [-0.2, 0) is 9.53 Å². The van der Waals surface area contributed by atoms with Crippen LogP contribution in [0.1, 0.15) is 58.4 Å². The maximum atomic E-state index is 14.0. The van der Waals surface area contributed by atoms with E-state index in [1.165, 1.54) is 11.3 Å². The molecule has 0 spiro atoms. The average Bonchev–Trinajstić information content (AvgIpc) is 3.48. The molecule has 7 nitrogen and oxygen atoms in total. The summed E-state index contributed by atoms with van der Waals surface area (Å²) in [5, 5.41) is 11.3. The zero-order valence-corrected chi connectivity index (χ0v) is 25.3. The Labute approximate surface area is 244 Å². The molecule has 10 heteroatoms. The number of carbonyl (C=O) groups excluding carboxylic acids is 1. The zero-order chi connectivity index (χ0) is 28.9. The minimum Gasteiger partial charge on any atom is -0.463 e. The van der Waals surface area contributed by atoms with Gasteiger partial charge in [-0.1, -0.05) is 35.1 Å². The number of thiophene rings is 1. The van der Waals surface area contributed by atoms with E-state index in [0.29, 0.717) is 31.2 Å². The molecule has 0 fully saturated rings. The molecule has 5 rings (SSSR count). The summed E-state index contributed by atoms with van der Waals surface area (Å²) in [5.74, 6) is -0.503. The quantitative estimate of drug-likeness (QED) is 0.291. The Bertz CT molecular complexity index is 1930. The zero-order valence-electron chi connectivity index (χ0n) is 23.0. The number of aryl methyl sites for hydroxylation is 2. The third-order valence-corrected chi connectivity index (χ3v) is 9.57. The van der Waals surface area contributed by atoms with E-state index in [0.717, 1.165) is 38.0 Å². The van der Waals surface area contributed by atoms with Gasteiger partial charge in [0.05, 0.1) is 34.0 Å². The van der Waals surface area contributed by atoms with Crippen LogP contribution >= 0.6 is 34.3 Å². The minimum atomic E-state index is -0.697. The summed E-state index contributed by atoms with van der Waals surface area (Å²) in [7, 11) is 0. The second-order valence-electron chi connectivity index (χ2n) is 9.59. The van der Waals surface area contributed by atoms with Gasteiger partial charge in [0.15, 0.2) is 4.80 Å². The topological polar surface area (TPSA) is 89.4 Å². The van der Waals surface area contributed by atoms with Gasteiger partial charge in [-0.05, 0) is 82.5 Å². The molecule has 204 valence electrons. The summed E-state index contributed by atoms with van der Waals surface area (Å²) < 4.78 is 9.50. The smallest absolute Gasteiger partial charge is 0.338 e. The number of hydrogen-bond donors (Lipinski definition) is 0. The van der Waals surface area contributed by atoms with Gasteiger partial charge in [-0.15, -0.1) is 11.3 Å². The molecule has 4 heterocycles. The lowest BCUT2D eigenvalue weighted by Crippen LogP contribution is -2.39. The molecule has 1 aliphatic heterocycles. The molecule has 0 saturated heterocycles. The van der Waals surface area contributed by atoms with Crippen molar-refractivity contribution < 1.29 is 9.53 Å². The van der Waals surface area contributed by atoms with E-state index >= 15 is 0 Å². The molecule has 3 aromatic heterocycles. The molecule has 0 N–H and O–H groups in total. The summed E-state index contributed by atoms with van der Waals surface area (Å²) in [4.78, 5) is 33.3. The summed E-state index contributed by atoms with van der Waals surface area (Å²) in [6.45, 7) is 11.7. The van der Waals surface area contributed by atoms with Crippen LogP contribution in [0, 0.1) is 39.0 Å². The van der Waals surface area contributed by atoms with Crippen LogP contribution < -0.4 is 14.9 Å². The number of esters is 1. The monoisotopic (exact) mass is 590 g/mol. The molecule has 4 aromatic rings. The second-order valence-corrected chi connectivity index (χ2v) is 12.2. The fourth-order valence-corrected chi connectivity index (χ4v) is 7.42. The second kappa shape index (κ2) is 10.7. The van der Waals surface area contributed by atoms with Crippen LogP contribution in [0.25, 0.3) is 11.1 Å². The average molecular weight is 591 g/mol. The van der Waals surface area contributed by atoms with Gasteiger partial charge in [0.1, 0.15) is 11.1 Å². The van der Waals surface area contributed by atoms with Gasteiger partial charge in [0, 0.05) is 21.3 Å². The minimum absolute atomic E-state index is 0.208. The predicted octanol–water partition coefficient (Wildman–Crippen LogP) is 5.41. The number of fused-ring (bicyclic) bond motifs is 1. The molecule has 0 radical (unpaired) electrons. The van der Waals surface area contributed by atoms with E-state index < -0.39 is 12.0 Å². The Morgan fingerprint density at radius 1 is 1.18 bits per heavy atom. The third kappa shape index (κ3) is 4.56. The predicted molar refractivity (Wildman–Crippen MR) is 159 cm³/mol. The van der Waals surface area contributed by atoms with E-state index in [2.05, 4.69) is 15.6 Å². The number of nitrogens with zero attached hydrogens (tertiary/aromatic N) is 4. The van der Waals surface area contributed by atoms with Crippen molar-refractivity contribution in [1.82, 2.24) is 9.13 Å². The lowest BCUT2D eigenvalue weighted by atomic mass is 9.96. The normalized spacial score (nSPS) is 15.2. The molecule has 0 saturated carbocycles. The van der Waals surface area contributed by atoms with Crippen molar-refractivity contribution in [3.8, 4) is 11.1 Å². The van der Waals surface area contributed by atoms with Crippen LogP contribution in [0.5, 0.6) is 0 Å². The largest absolute Gasteiger partial charge is 0.463 e. The molecule has 1 aromatic carbocycles. The van der Waals surface area contributed by atoms with Gasteiger partial charge in [-0.25, -0.2) is 9.79 Å². The first-order chi connectivity index (χ1) is 19.1. The molecular weight excluding hydrogens is 564 g/mol. The Morgan fingerprint density at radius 3 is 2.52 bits per heavy atom. The molecule has 0 aliphatic carbocycles. The first-order valence-corrected chi connectivity index (χ1v) is 14.7. The SMILES string of the molecule is CCOC(=O)C1=C(C)N=c2s/c(=C/c3cc(C)n(-c4sc(C)c(C)c4C#N)c3C)c(=O)n2[C@H]1c1ccc(Cl)cc1. The molecule has 0 unspecified atom stereocenters. The number of benzene rings is 1. The van der Waals surface area contributed by atoms with Crippen molar-refractivity contribution in [2.75, 3.05) is 6.61 Å². The number of ether oxygens (including phenoxy) is 1. The van der Waals surface area contributed by atoms with Crippen LogP contribution in [0.2, 0.25) is 5.02 Å². The summed E-state index contributed by atoms with van der Waals surface area (Å²) in [6.07, 6.45) is 1.87. The summed E-state index contributed by atoms with van der Waals surface area (Å²) >= 11 is 9.01. The van der Waals surface area contributed by atoms with Gasteiger partial charge in [-0.2, -0.15) is 5.26 Å². The fourth-order valence-electron chi connectivity index (χ4n) is 5.04. The van der Waals surface area contributed by atoms with Crippen LogP contribution in [-0.4, -0.2) is 21.7 Å². The van der Waals surface area contributed by atoms with Crippen molar-refractivity contribution in [3.05, 3.63) is 105 Å². The van der Waals surface area contributed by atoms with E-state index in [4.69, 9.17) is 16.3 Å².